The van der Waals surface area contributed by atoms with E-state index >= 15 is 0 Å². The summed E-state index contributed by atoms with van der Waals surface area (Å²) in [5, 5.41) is 11.4. The Bertz CT molecular complexity index is 4120. The molecule has 0 N–H and O–H groups in total. The first kappa shape index (κ1) is 41.8. The molecule has 0 spiro atoms. The molecule has 0 fully saturated rings. The number of rotatable bonds is 8. The molecule has 0 atom stereocenters. The minimum Gasteiger partial charge on any atom is -0.454 e. The van der Waals surface area contributed by atoms with Crippen LogP contribution in [0.25, 0.3) is 98.4 Å². The van der Waals surface area contributed by atoms with Crippen LogP contribution in [-0.4, -0.2) is 0 Å². The third-order valence-corrected chi connectivity index (χ3v) is 14.7. The van der Waals surface area contributed by atoms with Crippen molar-refractivity contribution in [2.24, 2.45) is 0 Å². The van der Waals surface area contributed by atoms with E-state index in [1.807, 2.05) is 12.1 Å². The predicted octanol–water partition coefficient (Wildman–Crippen LogP) is 20.0. The van der Waals surface area contributed by atoms with Crippen LogP contribution < -0.4 is 9.80 Å². The van der Waals surface area contributed by atoms with Gasteiger partial charge in [0.1, 0.15) is 11.2 Å². The van der Waals surface area contributed by atoms with E-state index in [-0.39, 0.29) is 5.41 Å². The van der Waals surface area contributed by atoms with E-state index in [0.29, 0.717) is 0 Å². The maximum absolute atomic E-state index is 6.98. The van der Waals surface area contributed by atoms with Crippen molar-refractivity contribution in [3.63, 3.8) is 0 Å². The fourth-order valence-corrected chi connectivity index (χ4v) is 11.2. The number of para-hydroxylation sites is 4. The Hall–Kier alpha value is -9.12. The lowest BCUT2D eigenvalue weighted by Gasteiger charge is -2.32. The molecule has 4 heteroatoms. The molecule has 0 unspecified atom stereocenters. The molecule has 14 aromatic rings. The summed E-state index contributed by atoms with van der Waals surface area (Å²) in [6.45, 7) is 6.91. The second-order valence-electron chi connectivity index (χ2n) is 20.1. The van der Waals surface area contributed by atoms with Gasteiger partial charge in [0, 0.05) is 49.1 Å². The van der Waals surface area contributed by atoms with Crippen molar-refractivity contribution in [2.45, 2.75) is 26.2 Å². The van der Waals surface area contributed by atoms with Crippen LogP contribution in [0.1, 0.15) is 26.3 Å². The van der Waals surface area contributed by atoms with Gasteiger partial charge in [-0.1, -0.05) is 203 Å². The molecule has 72 heavy (non-hydrogen) atoms. The van der Waals surface area contributed by atoms with Gasteiger partial charge in [-0.05, 0) is 104 Å². The standard InChI is InChI=1S/C68H48N2O2/c1-68(2,3)49-38-47-34-36-56-60(69(50-24-14-22-45(40-50)43-18-6-4-7-19-43)58-30-16-28-54-52-26-10-12-32-62(52)71-66(54)58)42-61(57-37-35-48(39-49)64(47)65(56)57)70(51-25-15-23-46(41-51)44-20-8-5-9-21-44)59-31-17-29-55-53-27-11-13-33-63(53)72-67(55)59/h4-42H,1-3H3. The van der Waals surface area contributed by atoms with Gasteiger partial charge in [-0.3, -0.25) is 0 Å². The van der Waals surface area contributed by atoms with Crippen LogP contribution in [0.15, 0.2) is 245 Å². The van der Waals surface area contributed by atoms with Gasteiger partial charge in [0.05, 0.1) is 22.7 Å². The number of fused-ring (bicyclic) bond motifs is 6. The molecule has 12 aromatic carbocycles. The number of hydrogen-bond donors (Lipinski definition) is 0. The van der Waals surface area contributed by atoms with Gasteiger partial charge in [-0.25, -0.2) is 0 Å². The van der Waals surface area contributed by atoms with Crippen LogP contribution in [0.4, 0.5) is 34.1 Å². The van der Waals surface area contributed by atoms with Gasteiger partial charge >= 0.3 is 0 Å². The highest BCUT2D eigenvalue weighted by Gasteiger charge is 2.29. The summed E-state index contributed by atoms with van der Waals surface area (Å²) in [5.74, 6) is 0. The van der Waals surface area contributed by atoms with Crippen LogP contribution in [0.5, 0.6) is 0 Å². The molecule has 0 bridgehead atoms. The van der Waals surface area contributed by atoms with Crippen LogP contribution >= 0.6 is 0 Å². The van der Waals surface area contributed by atoms with Crippen molar-refractivity contribution in [1.29, 1.82) is 0 Å². The Kier molecular flexibility index (Phi) is 9.43. The van der Waals surface area contributed by atoms with E-state index in [1.165, 1.54) is 27.1 Å². The zero-order valence-electron chi connectivity index (χ0n) is 40.2. The minimum atomic E-state index is -0.0432. The Morgan fingerprint density at radius 1 is 0.306 bits per heavy atom. The fourth-order valence-electron chi connectivity index (χ4n) is 11.2. The van der Waals surface area contributed by atoms with Crippen LogP contribution in [0.2, 0.25) is 0 Å². The Morgan fingerprint density at radius 3 is 1.19 bits per heavy atom. The lowest BCUT2D eigenvalue weighted by Crippen LogP contribution is -2.15. The highest BCUT2D eigenvalue weighted by atomic mass is 16.3. The molecule has 2 aromatic heterocycles. The van der Waals surface area contributed by atoms with Gasteiger partial charge < -0.3 is 18.6 Å². The summed E-state index contributed by atoms with van der Waals surface area (Å²) in [4.78, 5) is 4.88. The van der Waals surface area contributed by atoms with E-state index in [1.54, 1.807) is 0 Å². The number of nitrogens with zero attached hydrogens (tertiary/aromatic N) is 2. The summed E-state index contributed by atoms with van der Waals surface area (Å²) < 4.78 is 14.0. The van der Waals surface area contributed by atoms with Crippen molar-refractivity contribution in [3.05, 3.63) is 242 Å². The predicted molar refractivity (Wildman–Crippen MR) is 304 cm³/mol. The molecule has 0 amide bonds. The molecule has 4 nitrogen and oxygen atoms in total. The number of hydrogen-bond acceptors (Lipinski definition) is 4. The number of furan rings is 2. The zero-order valence-corrected chi connectivity index (χ0v) is 40.2. The summed E-state index contributed by atoms with van der Waals surface area (Å²) in [5.41, 5.74) is 15.1. The van der Waals surface area contributed by atoms with E-state index in [2.05, 4.69) is 255 Å². The van der Waals surface area contributed by atoms with Crippen molar-refractivity contribution < 1.29 is 8.83 Å². The van der Waals surface area contributed by atoms with Gasteiger partial charge in [0.25, 0.3) is 0 Å². The monoisotopic (exact) mass is 924 g/mol. The maximum Gasteiger partial charge on any atom is 0.159 e. The van der Waals surface area contributed by atoms with Gasteiger partial charge in [-0.2, -0.15) is 0 Å². The number of benzene rings is 12. The first-order chi connectivity index (χ1) is 35.3. The van der Waals surface area contributed by atoms with Crippen molar-refractivity contribution >= 4 is 110 Å². The zero-order chi connectivity index (χ0) is 48.1. The fraction of sp³-hybridized carbons (Fsp3) is 0.0588. The Morgan fingerprint density at radius 2 is 0.722 bits per heavy atom. The quantitative estimate of drug-likeness (QED) is 0.142. The average molecular weight is 925 g/mol. The van der Waals surface area contributed by atoms with Gasteiger partial charge in [0.2, 0.25) is 0 Å². The second-order valence-corrected chi connectivity index (χ2v) is 20.1. The molecule has 342 valence electrons. The van der Waals surface area contributed by atoms with Crippen molar-refractivity contribution in [2.75, 3.05) is 9.80 Å². The van der Waals surface area contributed by atoms with Crippen LogP contribution in [0, 0.1) is 0 Å². The molecule has 0 saturated heterocycles. The summed E-state index contributed by atoms with van der Waals surface area (Å²) >= 11 is 0. The second kappa shape index (κ2) is 16.2. The van der Waals surface area contributed by atoms with Gasteiger partial charge in [0.15, 0.2) is 11.2 Å². The molecule has 0 aliphatic heterocycles. The van der Waals surface area contributed by atoms with Crippen LogP contribution in [-0.2, 0) is 5.41 Å². The molecule has 0 aliphatic carbocycles. The summed E-state index contributed by atoms with van der Waals surface area (Å²) in [7, 11) is 0. The first-order valence-electron chi connectivity index (χ1n) is 24.8. The Labute approximate surface area is 417 Å². The van der Waals surface area contributed by atoms with Crippen molar-refractivity contribution in [1.82, 2.24) is 0 Å². The highest BCUT2D eigenvalue weighted by Crippen LogP contribution is 2.53. The minimum absolute atomic E-state index is 0.0432. The van der Waals surface area contributed by atoms with Crippen molar-refractivity contribution in [3.8, 4) is 22.3 Å². The van der Waals surface area contributed by atoms with Crippen LogP contribution in [0.3, 0.4) is 0 Å². The smallest absolute Gasteiger partial charge is 0.159 e. The number of anilines is 6. The summed E-state index contributed by atoms with van der Waals surface area (Å²) in [6, 6.07) is 85.6. The largest absolute Gasteiger partial charge is 0.454 e. The van der Waals surface area contributed by atoms with E-state index in [0.717, 1.165) is 111 Å². The third kappa shape index (κ3) is 6.67. The first-order valence-corrected chi connectivity index (χ1v) is 24.8. The lowest BCUT2D eigenvalue weighted by molar-refractivity contribution is 0.591. The lowest BCUT2D eigenvalue weighted by atomic mass is 9.83. The van der Waals surface area contributed by atoms with Gasteiger partial charge in [-0.15, -0.1) is 0 Å². The molecular formula is C68H48N2O2. The summed E-state index contributed by atoms with van der Waals surface area (Å²) in [6.07, 6.45) is 0. The SMILES string of the molecule is CC(C)(C)c1cc2ccc3c(N(c4cccc(-c5ccccc5)c4)c4cccc5c4oc4ccccc45)cc(N(c4cccc(-c5ccccc5)c4)c4cccc5c4oc4ccccc45)c4ccc(c1)c2c34. The topological polar surface area (TPSA) is 32.8 Å². The molecule has 0 aliphatic rings. The molecule has 2 heterocycles. The third-order valence-electron chi connectivity index (χ3n) is 14.7. The highest BCUT2D eigenvalue weighted by molar-refractivity contribution is 6.29. The van der Waals surface area contributed by atoms with E-state index < -0.39 is 0 Å². The average Bonchev–Trinajstić information content (AvgIpc) is 4.01. The van der Waals surface area contributed by atoms with E-state index in [4.69, 9.17) is 8.83 Å². The maximum atomic E-state index is 6.98. The molecular weight excluding hydrogens is 877 g/mol. The normalized spacial score (nSPS) is 12.1. The Balaban J connectivity index is 1.14. The molecule has 14 rings (SSSR count). The molecule has 0 radical (unpaired) electrons. The van der Waals surface area contributed by atoms with E-state index in [9.17, 15) is 0 Å². The molecule has 0 saturated carbocycles.